The van der Waals surface area contributed by atoms with E-state index in [4.69, 9.17) is 16.0 Å². The van der Waals surface area contributed by atoms with Gasteiger partial charge in [0.05, 0.1) is 16.3 Å². The van der Waals surface area contributed by atoms with E-state index < -0.39 is 11.7 Å². The van der Waals surface area contributed by atoms with Gasteiger partial charge in [0.25, 0.3) is 0 Å². The summed E-state index contributed by atoms with van der Waals surface area (Å²) in [5.41, 5.74) is 0.248. The number of hydrogen-bond acceptors (Lipinski definition) is 4. The van der Waals surface area contributed by atoms with E-state index in [0.717, 1.165) is 17.7 Å². The summed E-state index contributed by atoms with van der Waals surface area (Å²) in [7, 11) is 0. The average molecular weight is 368 g/mol. The lowest BCUT2D eigenvalue weighted by molar-refractivity contribution is -0.137. The van der Waals surface area contributed by atoms with Crippen LogP contribution < -0.4 is 5.32 Å². The Balaban J connectivity index is 1.63. The minimum Gasteiger partial charge on any atom is -0.421 e. The van der Waals surface area contributed by atoms with E-state index in [1.165, 1.54) is 6.07 Å². The molecule has 0 bridgehead atoms. The molecule has 1 heterocycles. The van der Waals surface area contributed by atoms with E-state index in [0.29, 0.717) is 24.7 Å². The molecule has 0 saturated carbocycles. The normalized spacial score (nSPS) is 11.5. The van der Waals surface area contributed by atoms with E-state index in [-0.39, 0.29) is 10.7 Å². The number of halogens is 4. The van der Waals surface area contributed by atoms with Crippen LogP contribution in [0.15, 0.2) is 52.9 Å². The fraction of sp³-hybridized carbons (Fsp3) is 0.176. The van der Waals surface area contributed by atoms with Gasteiger partial charge >= 0.3 is 6.18 Å². The summed E-state index contributed by atoms with van der Waals surface area (Å²) >= 11 is 5.93. The van der Waals surface area contributed by atoms with E-state index in [2.05, 4.69) is 15.5 Å². The van der Waals surface area contributed by atoms with Gasteiger partial charge in [0.15, 0.2) is 0 Å². The van der Waals surface area contributed by atoms with Crippen molar-refractivity contribution < 1.29 is 17.6 Å². The molecule has 3 rings (SSSR count). The molecule has 0 radical (unpaired) electrons. The largest absolute Gasteiger partial charge is 0.421 e. The van der Waals surface area contributed by atoms with Crippen molar-refractivity contribution in [1.29, 1.82) is 0 Å². The highest BCUT2D eigenvalue weighted by Crippen LogP contribution is 2.33. The molecule has 0 aliphatic rings. The van der Waals surface area contributed by atoms with Crippen LogP contribution in [0, 0.1) is 0 Å². The lowest BCUT2D eigenvalue weighted by atomic mass is 10.2. The van der Waals surface area contributed by atoms with Crippen LogP contribution in [0.25, 0.3) is 11.5 Å². The van der Waals surface area contributed by atoms with Crippen molar-refractivity contribution in [3.05, 3.63) is 65.0 Å². The third kappa shape index (κ3) is 4.30. The molecule has 2 aromatic carbocycles. The van der Waals surface area contributed by atoms with Gasteiger partial charge in [-0.3, -0.25) is 0 Å². The molecular formula is C17H13ClF3N3O. The number of anilines is 1. The molecule has 0 atom stereocenters. The first-order valence-electron chi connectivity index (χ1n) is 7.42. The molecule has 8 heteroatoms. The molecule has 0 amide bonds. The first-order chi connectivity index (χ1) is 11.9. The lowest BCUT2D eigenvalue weighted by Gasteiger charge is -2.11. The van der Waals surface area contributed by atoms with Crippen molar-refractivity contribution in [2.75, 3.05) is 11.9 Å². The predicted molar refractivity (Wildman–Crippen MR) is 88.4 cm³/mol. The second-order valence-electron chi connectivity index (χ2n) is 5.24. The molecule has 0 unspecified atom stereocenters. The number of aromatic nitrogens is 2. The molecule has 0 spiro atoms. The first kappa shape index (κ1) is 17.3. The number of nitrogens with one attached hydrogen (secondary N) is 1. The van der Waals surface area contributed by atoms with Crippen LogP contribution in [0.5, 0.6) is 0 Å². The van der Waals surface area contributed by atoms with Gasteiger partial charge in [0, 0.05) is 18.5 Å². The van der Waals surface area contributed by atoms with Crippen LogP contribution in [0.1, 0.15) is 11.5 Å². The maximum atomic E-state index is 12.7. The van der Waals surface area contributed by atoms with Crippen molar-refractivity contribution in [3.8, 4) is 11.5 Å². The predicted octanol–water partition coefficient (Wildman–Crippen LogP) is 5.06. The Bertz CT molecular complexity index is 850. The van der Waals surface area contributed by atoms with E-state index >= 15 is 0 Å². The quantitative estimate of drug-likeness (QED) is 0.684. The summed E-state index contributed by atoms with van der Waals surface area (Å²) < 4.78 is 43.8. The second-order valence-corrected chi connectivity index (χ2v) is 5.64. The highest BCUT2D eigenvalue weighted by atomic mass is 35.5. The highest BCUT2D eigenvalue weighted by molar-refractivity contribution is 6.33. The Kier molecular flexibility index (Phi) is 4.94. The number of nitrogens with zero attached hydrogens (tertiary/aromatic N) is 2. The fourth-order valence-electron chi connectivity index (χ4n) is 2.19. The molecule has 0 aliphatic carbocycles. The van der Waals surface area contributed by atoms with Crippen LogP contribution in [0.2, 0.25) is 5.02 Å². The van der Waals surface area contributed by atoms with Gasteiger partial charge in [-0.15, -0.1) is 10.2 Å². The van der Waals surface area contributed by atoms with Crippen molar-refractivity contribution in [2.45, 2.75) is 12.6 Å². The Morgan fingerprint density at radius 2 is 1.80 bits per heavy atom. The molecule has 3 aromatic rings. The zero-order valence-corrected chi connectivity index (χ0v) is 13.6. The molecule has 25 heavy (non-hydrogen) atoms. The van der Waals surface area contributed by atoms with Crippen LogP contribution in [0.4, 0.5) is 18.9 Å². The van der Waals surface area contributed by atoms with Gasteiger partial charge in [-0.05, 0) is 30.3 Å². The number of alkyl halides is 3. The summed E-state index contributed by atoms with van der Waals surface area (Å²) in [6.45, 7) is 0.303. The van der Waals surface area contributed by atoms with Crippen LogP contribution in [-0.4, -0.2) is 16.7 Å². The smallest absolute Gasteiger partial charge is 0.416 e. The van der Waals surface area contributed by atoms with E-state index in [9.17, 15) is 13.2 Å². The SMILES string of the molecule is FC(F)(F)c1ccc(Cl)c(NCCc2nnc(-c3ccccc3)o2)c1. The van der Waals surface area contributed by atoms with Crippen LogP contribution >= 0.6 is 11.6 Å². The zero-order chi connectivity index (χ0) is 17.9. The number of rotatable bonds is 5. The van der Waals surface area contributed by atoms with Crippen LogP contribution in [0.3, 0.4) is 0 Å². The van der Waals surface area contributed by atoms with Gasteiger partial charge in [-0.1, -0.05) is 29.8 Å². The minimum atomic E-state index is -4.42. The third-order valence-corrected chi connectivity index (χ3v) is 3.77. The molecule has 1 aromatic heterocycles. The summed E-state index contributed by atoms with van der Waals surface area (Å²) in [5, 5.41) is 11.0. The topological polar surface area (TPSA) is 51.0 Å². The standard InChI is InChI=1S/C17H13ClF3N3O/c18-13-7-6-12(17(19,20)21)10-14(13)22-9-8-15-23-24-16(25-15)11-4-2-1-3-5-11/h1-7,10,22H,8-9H2. The monoisotopic (exact) mass is 367 g/mol. The molecule has 130 valence electrons. The highest BCUT2D eigenvalue weighted by Gasteiger charge is 2.30. The molecule has 0 aliphatic heterocycles. The van der Waals surface area contributed by atoms with Gasteiger partial charge in [0.1, 0.15) is 0 Å². The van der Waals surface area contributed by atoms with Crippen molar-refractivity contribution in [2.24, 2.45) is 0 Å². The number of hydrogen-bond donors (Lipinski definition) is 1. The van der Waals surface area contributed by atoms with Gasteiger partial charge < -0.3 is 9.73 Å². The first-order valence-corrected chi connectivity index (χ1v) is 7.80. The zero-order valence-electron chi connectivity index (χ0n) is 12.8. The summed E-state index contributed by atoms with van der Waals surface area (Å²) in [5.74, 6) is 0.780. The lowest BCUT2D eigenvalue weighted by Crippen LogP contribution is -2.09. The van der Waals surface area contributed by atoms with Crippen molar-refractivity contribution >= 4 is 17.3 Å². The Hall–Kier alpha value is -2.54. The average Bonchev–Trinajstić information content (AvgIpc) is 3.05. The maximum absolute atomic E-state index is 12.7. The molecule has 0 fully saturated rings. The Labute approximate surface area is 146 Å². The summed E-state index contributed by atoms with van der Waals surface area (Å²) in [6, 6.07) is 12.4. The summed E-state index contributed by atoms with van der Waals surface area (Å²) in [4.78, 5) is 0. The Morgan fingerprint density at radius 1 is 1.04 bits per heavy atom. The van der Waals surface area contributed by atoms with Crippen molar-refractivity contribution in [3.63, 3.8) is 0 Å². The Morgan fingerprint density at radius 3 is 2.52 bits per heavy atom. The molecular weight excluding hydrogens is 355 g/mol. The fourth-order valence-corrected chi connectivity index (χ4v) is 2.38. The summed E-state index contributed by atoms with van der Waals surface area (Å²) in [6.07, 6.45) is -4.06. The van der Waals surface area contributed by atoms with Gasteiger partial charge in [0.2, 0.25) is 11.8 Å². The molecule has 1 N–H and O–H groups in total. The maximum Gasteiger partial charge on any atom is 0.416 e. The minimum absolute atomic E-state index is 0.208. The molecule has 0 saturated heterocycles. The van der Waals surface area contributed by atoms with Crippen molar-refractivity contribution in [1.82, 2.24) is 10.2 Å². The molecule has 4 nitrogen and oxygen atoms in total. The van der Waals surface area contributed by atoms with Gasteiger partial charge in [-0.25, -0.2) is 0 Å². The second kappa shape index (κ2) is 7.14. The van der Waals surface area contributed by atoms with Gasteiger partial charge in [-0.2, -0.15) is 13.2 Å². The van der Waals surface area contributed by atoms with Crippen LogP contribution in [-0.2, 0) is 12.6 Å². The van der Waals surface area contributed by atoms with E-state index in [1.54, 1.807) is 0 Å². The third-order valence-electron chi connectivity index (χ3n) is 3.44. The number of benzene rings is 2. The van der Waals surface area contributed by atoms with E-state index in [1.807, 2.05) is 30.3 Å².